The number of hydrogen-bond acceptors (Lipinski definition) is 2. The van der Waals surface area contributed by atoms with Gasteiger partial charge in [0.2, 0.25) is 0 Å². The van der Waals surface area contributed by atoms with E-state index in [1.165, 1.54) is 32.5 Å². The maximum atomic E-state index is 3.59. The average Bonchev–Trinajstić information content (AvgIpc) is 2.60. The molecule has 2 heteroatoms. The summed E-state index contributed by atoms with van der Waals surface area (Å²) in [6.07, 6.45) is 2.69. The fourth-order valence-electron chi connectivity index (χ4n) is 2.50. The highest BCUT2D eigenvalue weighted by molar-refractivity contribution is 4.94. The van der Waals surface area contributed by atoms with Crippen molar-refractivity contribution < 1.29 is 0 Å². The largest absolute Gasteiger partial charge is 0.312 e. The Bertz CT molecular complexity index is 146. The Balaban J connectivity index is 1.90. The van der Waals surface area contributed by atoms with Gasteiger partial charge in [-0.1, -0.05) is 6.92 Å². The van der Waals surface area contributed by atoms with Gasteiger partial charge in [0.15, 0.2) is 0 Å². The third-order valence-corrected chi connectivity index (χ3v) is 3.61. The molecule has 0 aromatic heterocycles. The van der Waals surface area contributed by atoms with Gasteiger partial charge < -0.3 is 5.32 Å². The van der Waals surface area contributed by atoms with Crippen LogP contribution in [0, 0.1) is 5.92 Å². The molecule has 70 valence electrons. The van der Waals surface area contributed by atoms with Gasteiger partial charge in [0, 0.05) is 25.2 Å². The van der Waals surface area contributed by atoms with Crippen molar-refractivity contribution in [3.8, 4) is 0 Å². The van der Waals surface area contributed by atoms with Crippen molar-refractivity contribution in [2.24, 2.45) is 5.92 Å². The van der Waals surface area contributed by atoms with Crippen molar-refractivity contribution in [1.82, 2.24) is 10.2 Å². The molecule has 0 amide bonds. The van der Waals surface area contributed by atoms with E-state index in [0.717, 1.165) is 18.0 Å². The molecule has 0 bridgehead atoms. The summed E-state index contributed by atoms with van der Waals surface area (Å²) in [6.45, 7) is 8.52. The molecular formula is C10H20N2. The summed E-state index contributed by atoms with van der Waals surface area (Å²) in [4.78, 5) is 2.64. The predicted octanol–water partition coefficient (Wildman–Crippen LogP) is 1.08. The number of nitrogens with one attached hydrogen (secondary N) is 1. The highest BCUT2D eigenvalue weighted by Gasteiger charge is 2.36. The van der Waals surface area contributed by atoms with Gasteiger partial charge in [-0.15, -0.1) is 0 Å². The summed E-state index contributed by atoms with van der Waals surface area (Å²) in [5.41, 5.74) is 0. The van der Waals surface area contributed by atoms with E-state index in [2.05, 4.69) is 24.1 Å². The Morgan fingerprint density at radius 1 is 1.50 bits per heavy atom. The molecule has 2 nitrogen and oxygen atoms in total. The smallest absolute Gasteiger partial charge is 0.0236 e. The summed E-state index contributed by atoms with van der Waals surface area (Å²) in [7, 11) is 0. The first kappa shape index (κ1) is 8.52. The van der Waals surface area contributed by atoms with Crippen LogP contribution < -0.4 is 5.32 Å². The zero-order valence-corrected chi connectivity index (χ0v) is 8.21. The van der Waals surface area contributed by atoms with Crippen LogP contribution in [0.1, 0.15) is 26.7 Å². The van der Waals surface area contributed by atoms with Gasteiger partial charge in [0.25, 0.3) is 0 Å². The van der Waals surface area contributed by atoms with Crippen molar-refractivity contribution in [3.63, 3.8) is 0 Å². The monoisotopic (exact) mass is 168 g/mol. The zero-order chi connectivity index (χ0) is 8.55. The number of likely N-dealkylation sites (tertiary alicyclic amines) is 1. The molecule has 2 aliphatic heterocycles. The van der Waals surface area contributed by atoms with Crippen molar-refractivity contribution >= 4 is 0 Å². The average molecular weight is 168 g/mol. The minimum atomic E-state index is 0.789. The Morgan fingerprint density at radius 3 is 3.00 bits per heavy atom. The molecule has 0 spiro atoms. The molecule has 12 heavy (non-hydrogen) atoms. The van der Waals surface area contributed by atoms with E-state index in [9.17, 15) is 0 Å². The molecule has 0 aliphatic carbocycles. The lowest BCUT2D eigenvalue weighted by Crippen LogP contribution is -2.34. The van der Waals surface area contributed by atoms with Crippen molar-refractivity contribution in [1.29, 1.82) is 0 Å². The maximum Gasteiger partial charge on any atom is 0.0236 e. The summed E-state index contributed by atoms with van der Waals surface area (Å²) < 4.78 is 0. The minimum absolute atomic E-state index is 0.789. The standard InChI is InChI=1S/C10H20N2/c1-3-8(2)12-6-9-4-5-11-10(9)7-12/h8-11H,3-7H2,1-2H3/t8?,9-,10+/m1/s1. The Kier molecular flexibility index (Phi) is 2.37. The lowest BCUT2D eigenvalue weighted by atomic mass is 10.1. The summed E-state index contributed by atoms with van der Waals surface area (Å²) in [5.74, 6) is 0.957. The van der Waals surface area contributed by atoms with Crippen LogP contribution in [0.15, 0.2) is 0 Å². The van der Waals surface area contributed by atoms with E-state index < -0.39 is 0 Å². The van der Waals surface area contributed by atoms with E-state index in [1.54, 1.807) is 0 Å². The normalized spacial score (nSPS) is 38.5. The van der Waals surface area contributed by atoms with E-state index >= 15 is 0 Å². The predicted molar refractivity (Wildman–Crippen MR) is 51.2 cm³/mol. The van der Waals surface area contributed by atoms with Gasteiger partial charge in [-0.05, 0) is 32.2 Å². The van der Waals surface area contributed by atoms with Crippen LogP contribution in [-0.2, 0) is 0 Å². The Hall–Kier alpha value is -0.0800. The van der Waals surface area contributed by atoms with E-state index in [0.29, 0.717) is 0 Å². The first-order chi connectivity index (χ1) is 5.81. The first-order valence-electron chi connectivity index (χ1n) is 5.28. The van der Waals surface area contributed by atoms with E-state index in [-0.39, 0.29) is 0 Å². The second kappa shape index (κ2) is 3.35. The molecule has 0 aromatic rings. The highest BCUT2D eigenvalue weighted by atomic mass is 15.2. The summed E-state index contributed by atoms with van der Waals surface area (Å²) >= 11 is 0. The Labute approximate surface area is 75.3 Å². The summed E-state index contributed by atoms with van der Waals surface area (Å²) in [6, 6.07) is 1.61. The lowest BCUT2D eigenvalue weighted by Gasteiger charge is -2.23. The third kappa shape index (κ3) is 1.38. The van der Waals surface area contributed by atoms with Crippen molar-refractivity contribution in [2.75, 3.05) is 19.6 Å². The van der Waals surface area contributed by atoms with E-state index in [1.807, 2.05) is 0 Å². The minimum Gasteiger partial charge on any atom is -0.312 e. The van der Waals surface area contributed by atoms with Crippen LogP contribution in [0.25, 0.3) is 0 Å². The molecule has 2 heterocycles. The van der Waals surface area contributed by atoms with Crippen LogP contribution in [0.5, 0.6) is 0 Å². The van der Waals surface area contributed by atoms with Crippen molar-refractivity contribution in [3.05, 3.63) is 0 Å². The fraction of sp³-hybridized carbons (Fsp3) is 1.00. The van der Waals surface area contributed by atoms with Gasteiger partial charge in [0.05, 0.1) is 0 Å². The third-order valence-electron chi connectivity index (χ3n) is 3.61. The van der Waals surface area contributed by atoms with Crippen LogP contribution in [0.2, 0.25) is 0 Å². The molecular weight excluding hydrogens is 148 g/mol. The van der Waals surface area contributed by atoms with Crippen LogP contribution >= 0.6 is 0 Å². The van der Waals surface area contributed by atoms with Gasteiger partial charge in [-0.25, -0.2) is 0 Å². The van der Waals surface area contributed by atoms with Gasteiger partial charge in [-0.2, -0.15) is 0 Å². The highest BCUT2D eigenvalue weighted by Crippen LogP contribution is 2.26. The lowest BCUT2D eigenvalue weighted by molar-refractivity contribution is 0.236. The van der Waals surface area contributed by atoms with Crippen LogP contribution in [0.4, 0.5) is 0 Å². The molecule has 2 rings (SSSR count). The molecule has 0 saturated carbocycles. The fourth-order valence-corrected chi connectivity index (χ4v) is 2.50. The molecule has 1 unspecified atom stereocenters. The number of nitrogens with zero attached hydrogens (tertiary/aromatic N) is 1. The molecule has 0 aromatic carbocycles. The molecule has 2 fully saturated rings. The summed E-state index contributed by atoms with van der Waals surface area (Å²) in [5, 5.41) is 3.59. The van der Waals surface area contributed by atoms with Crippen LogP contribution in [-0.4, -0.2) is 36.6 Å². The number of fused-ring (bicyclic) bond motifs is 1. The van der Waals surface area contributed by atoms with Gasteiger partial charge in [-0.3, -0.25) is 4.90 Å². The topological polar surface area (TPSA) is 15.3 Å². The SMILES string of the molecule is CCC(C)N1C[C@H]2CCN[C@H]2C1. The molecule has 2 saturated heterocycles. The quantitative estimate of drug-likeness (QED) is 0.663. The molecule has 0 radical (unpaired) electrons. The van der Waals surface area contributed by atoms with Crippen molar-refractivity contribution in [2.45, 2.75) is 38.8 Å². The molecule has 2 aliphatic rings. The number of hydrogen-bond donors (Lipinski definition) is 1. The Morgan fingerprint density at radius 2 is 2.33 bits per heavy atom. The first-order valence-corrected chi connectivity index (χ1v) is 5.28. The van der Waals surface area contributed by atoms with Gasteiger partial charge >= 0.3 is 0 Å². The number of rotatable bonds is 2. The zero-order valence-electron chi connectivity index (χ0n) is 8.21. The van der Waals surface area contributed by atoms with E-state index in [4.69, 9.17) is 0 Å². The second-order valence-electron chi connectivity index (χ2n) is 4.32. The van der Waals surface area contributed by atoms with Gasteiger partial charge in [0.1, 0.15) is 0 Å². The molecule has 1 N–H and O–H groups in total. The maximum absolute atomic E-state index is 3.59. The second-order valence-corrected chi connectivity index (χ2v) is 4.32. The molecule has 3 atom stereocenters. The van der Waals surface area contributed by atoms with Crippen LogP contribution in [0.3, 0.4) is 0 Å².